The molecule has 1 atom stereocenters. The van der Waals surface area contributed by atoms with Gasteiger partial charge in [-0.2, -0.15) is 0 Å². The predicted octanol–water partition coefficient (Wildman–Crippen LogP) is 3.45. The minimum atomic E-state index is -0.877. The van der Waals surface area contributed by atoms with Gasteiger partial charge in [-0.05, 0) is 25.8 Å². The molecule has 1 N–H and O–H groups in total. The number of carbonyl (C=O) groups is 2. The summed E-state index contributed by atoms with van der Waals surface area (Å²) in [7, 11) is 0. The highest BCUT2D eigenvalue weighted by atomic mass is 16.2. The number of carbonyl (C=O) groups excluding carboxylic acids is 2. The molecule has 1 saturated heterocycles. The van der Waals surface area contributed by atoms with Crippen molar-refractivity contribution < 1.29 is 9.59 Å². The fourth-order valence-electron chi connectivity index (χ4n) is 2.69. The molecular formula is C19H24N2O2. The maximum atomic E-state index is 12.7. The molecule has 1 aromatic carbocycles. The molecule has 1 heterocycles. The lowest BCUT2D eigenvalue weighted by Crippen LogP contribution is -2.46. The molecule has 1 aliphatic heterocycles. The molecule has 1 fully saturated rings. The highest BCUT2D eigenvalue weighted by molar-refractivity contribution is 6.07. The molecular weight excluding hydrogens is 288 g/mol. The van der Waals surface area contributed by atoms with Crippen molar-refractivity contribution in [3.05, 3.63) is 59.7 Å². The van der Waals surface area contributed by atoms with E-state index in [0.29, 0.717) is 13.0 Å². The summed E-state index contributed by atoms with van der Waals surface area (Å²) in [5, 5.41) is 2.84. The summed E-state index contributed by atoms with van der Waals surface area (Å²) in [4.78, 5) is 26.2. The molecule has 1 unspecified atom stereocenters. The average molecular weight is 312 g/mol. The molecule has 2 rings (SSSR count). The second kappa shape index (κ2) is 7.27. The zero-order chi connectivity index (χ0) is 16.9. The molecule has 23 heavy (non-hydrogen) atoms. The summed E-state index contributed by atoms with van der Waals surface area (Å²) in [6, 6.07) is 9.42. The second-order valence-corrected chi connectivity index (χ2v) is 6.17. The van der Waals surface area contributed by atoms with Gasteiger partial charge < -0.3 is 5.32 Å². The van der Waals surface area contributed by atoms with Crippen LogP contribution in [0.3, 0.4) is 0 Å². The summed E-state index contributed by atoms with van der Waals surface area (Å²) < 4.78 is 0. The van der Waals surface area contributed by atoms with Crippen LogP contribution < -0.4 is 5.32 Å². The van der Waals surface area contributed by atoms with Crippen LogP contribution in [0, 0.1) is 0 Å². The van der Waals surface area contributed by atoms with Crippen molar-refractivity contribution in [3.8, 4) is 0 Å². The Hall–Kier alpha value is -2.36. The van der Waals surface area contributed by atoms with Gasteiger partial charge in [0, 0.05) is 6.42 Å². The van der Waals surface area contributed by atoms with E-state index >= 15 is 0 Å². The van der Waals surface area contributed by atoms with Crippen molar-refractivity contribution in [2.24, 2.45) is 0 Å². The largest absolute Gasteiger partial charge is 0.325 e. The van der Waals surface area contributed by atoms with Crippen LogP contribution >= 0.6 is 0 Å². The first-order valence-corrected chi connectivity index (χ1v) is 7.96. The van der Waals surface area contributed by atoms with E-state index < -0.39 is 5.54 Å². The van der Waals surface area contributed by atoms with Gasteiger partial charge in [0.05, 0.1) is 6.54 Å². The van der Waals surface area contributed by atoms with Crippen LogP contribution in [0.4, 0.5) is 4.79 Å². The molecule has 0 aromatic heterocycles. The number of hydrogen-bond acceptors (Lipinski definition) is 2. The standard InChI is InChI=1S/C19H24N2O2/c1-4-5-7-10-15(2)14-21-17(22)19(3,20-18(21)23)13-16-11-8-6-9-12-16/h5-12H,4,13-14H2,1-3H3,(H,20,23)/b7-5-,15-10+. The Kier molecular flexibility index (Phi) is 5.37. The number of nitrogens with zero attached hydrogens (tertiary/aromatic N) is 1. The molecule has 4 nitrogen and oxygen atoms in total. The third-order valence-corrected chi connectivity index (χ3v) is 3.91. The lowest BCUT2D eigenvalue weighted by atomic mass is 9.93. The van der Waals surface area contributed by atoms with Gasteiger partial charge in [-0.1, -0.05) is 61.1 Å². The van der Waals surface area contributed by atoms with E-state index in [2.05, 4.69) is 12.2 Å². The van der Waals surface area contributed by atoms with E-state index in [0.717, 1.165) is 17.6 Å². The molecule has 0 spiro atoms. The maximum Gasteiger partial charge on any atom is 0.325 e. The molecule has 1 aromatic rings. The number of urea groups is 1. The van der Waals surface area contributed by atoms with Crippen molar-refractivity contribution >= 4 is 11.9 Å². The number of hydrogen-bond donors (Lipinski definition) is 1. The van der Waals surface area contributed by atoms with Crippen LogP contribution in [0.2, 0.25) is 0 Å². The predicted molar refractivity (Wildman–Crippen MR) is 92.0 cm³/mol. The summed E-state index contributed by atoms with van der Waals surface area (Å²) in [6.07, 6.45) is 7.39. The fourth-order valence-corrected chi connectivity index (χ4v) is 2.69. The quantitative estimate of drug-likeness (QED) is 0.646. The van der Waals surface area contributed by atoms with Crippen LogP contribution in [0.15, 0.2) is 54.1 Å². The molecule has 3 amide bonds. The van der Waals surface area contributed by atoms with Crippen molar-refractivity contribution in [1.82, 2.24) is 10.2 Å². The Morgan fingerprint density at radius 1 is 1.26 bits per heavy atom. The highest BCUT2D eigenvalue weighted by Gasteiger charge is 2.47. The number of amides is 3. The molecule has 1 aliphatic rings. The van der Waals surface area contributed by atoms with Crippen molar-refractivity contribution in [2.45, 2.75) is 39.2 Å². The van der Waals surface area contributed by atoms with Crippen LogP contribution in [0.1, 0.15) is 32.8 Å². The van der Waals surface area contributed by atoms with Gasteiger partial charge in [-0.15, -0.1) is 0 Å². The van der Waals surface area contributed by atoms with Crippen LogP contribution in [-0.4, -0.2) is 28.9 Å². The van der Waals surface area contributed by atoms with Gasteiger partial charge in [0.1, 0.15) is 5.54 Å². The van der Waals surface area contributed by atoms with Crippen molar-refractivity contribution in [2.75, 3.05) is 6.54 Å². The van der Waals surface area contributed by atoms with Gasteiger partial charge >= 0.3 is 6.03 Å². The smallest absolute Gasteiger partial charge is 0.323 e. The maximum absolute atomic E-state index is 12.7. The molecule has 4 heteroatoms. The van der Waals surface area contributed by atoms with Gasteiger partial charge in [-0.3, -0.25) is 9.69 Å². The topological polar surface area (TPSA) is 49.4 Å². The van der Waals surface area contributed by atoms with E-state index in [1.54, 1.807) is 6.92 Å². The van der Waals surface area contributed by atoms with Gasteiger partial charge in [0.25, 0.3) is 5.91 Å². The summed E-state index contributed by atoms with van der Waals surface area (Å²) in [5.41, 5.74) is 1.13. The Morgan fingerprint density at radius 3 is 2.61 bits per heavy atom. The van der Waals surface area contributed by atoms with Crippen LogP contribution in [0.25, 0.3) is 0 Å². The Balaban J connectivity index is 2.10. The zero-order valence-corrected chi connectivity index (χ0v) is 14.0. The van der Waals surface area contributed by atoms with Crippen molar-refractivity contribution in [1.29, 1.82) is 0 Å². The van der Waals surface area contributed by atoms with Crippen molar-refractivity contribution in [3.63, 3.8) is 0 Å². The second-order valence-electron chi connectivity index (χ2n) is 6.17. The normalized spacial score (nSPS) is 22.0. The van der Waals surface area contributed by atoms with E-state index in [-0.39, 0.29) is 11.9 Å². The Bertz CT molecular complexity index is 634. The van der Waals surface area contributed by atoms with Gasteiger partial charge in [-0.25, -0.2) is 4.79 Å². The molecule has 0 aliphatic carbocycles. The van der Waals surface area contributed by atoms with E-state index in [9.17, 15) is 9.59 Å². The Labute approximate surface area is 137 Å². The average Bonchev–Trinajstić information content (AvgIpc) is 2.72. The van der Waals surface area contributed by atoms with E-state index in [4.69, 9.17) is 0 Å². The molecule has 122 valence electrons. The molecule has 0 saturated carbocycles. The van der Waals surface area contributed by atoms with E-state index in [1.807, 2.05) is 55.5 Å². The first-order valence-electron chi connectivity index (χ1n) is 7.96. The lowest BCUT2D eigenvalue weighted by molar-refractivity contribution is -0.130. The minimum Gasteiger partial charge on any atom is -0.323 e. The summed E-state index contributed by atoms with van der Waals surface area (Å²) in [6.45, 7) is 6.10. The van der Waals surface area contributed by atoms with Crippen LogP contribution in [0.5, 0.6) is 0 Å². The lowest BCUT2D eigenvalue weighted by Gasteiger charge is -2.21. The summed E-state index contributed by atoms with van der Waals surface area (Å²) >= 11 is 0. The van der Waals surface area contributed by atoms with Crippen LogP contribution in [-0.2, 0) is 11.2 Å². The minimum absolute atomic E-state index is 0.168. The van der Waals surface area contributed by atoms with E-state index in [1.165, 1.54) is 4.90 Å². The summed E-state index contributed by atoms with van der Waals surface area (Å²) in [5.74, 6) is -0.168. The third-order valence-electron chi connectivity index (χ3n) is 3.91. The highest BCUT2D eigenvalue weighted by Crippen LogP contribution is 2.23. The Morgan fingerprint density at radius 2 is 1.96 bits per heavy atom. The monoisotopic (exact) mass is 312 g/mol. The first kappa shape index (κ1) is 17.0. The number of imide groups is 1. The third kappa shape index (κ3) is 4.09. The van der Waals surface area contributed by atoms with Gasteiger partial charge in [0.15, 0.2) is 0 Å². The number of allylic oxidation sites excluding steroid dienone is 3. The van der Waals surface area contributed by atoms with Gasteiger partial charge in [0.2, 0.25) is 0 Å². The molecule has 0 bridgehead atoms. The SMILES string of the molecule is CC/C=C\C=C(/C)CN1C(=O)NC(C)(Cc2ccccc2)C1=O. The number of benzene rings is 1. The molecule has 0 radical (unpaired) electrons. The first-order chi connectivity index (χ1) is 11.0. The fraction of sp³-hybridized carbons (Fsp3) is 0.368. The number of nitrogens with one attached hydrogen (secondary N) is 1. The zero-order valence-electron chi connectivity index (χ0n) is 14.0. The number of rotatable bonds is 6.